The maximum Gasteiger partial charge on any atom is 0.360 e. The smallest absolute Gasteiger partial charge is 0.360 e. The minimum absolute atomic E-state index is 0.229. The molecule has 0 radical (unpaired) electrons. The van der Waals surface area contributed by atoms with Crippen LogP contribution in [0.25, 0.3) is 0 Å². The normalized spacial score (nSPS) is 24.6. The van der Waals surface area contributed by atoms with E-state index in [2.05, 4.69) is 9.89 Å². The molecular formula is C12H17NO4. The molecule has 17 heavy (non-hydrogen) atoms. The summed E-state index contributed by atoms with van der Waals surface area (Å²) < 4.78 is 9.76. The monoisotopic (exact) mass is 239 g/mol. The van der Waals surface area contributed by atoms with E-state index in [9.17, 15) is 4.79 Å². The molecule has 0 unspecified atom stereocenters. The molecule has 1 aromatic heterocycles. The largest absolute Gasteiger partial charge is 0.464 e. The van der Waals surface area contributed by atoms with Crippen LogP contribution in [0, 0.1) is 5.92 Å². The number of aliphatic hydroxyl groups is 1. The molecule has 0 aromatic carbocycles. The van der Waals surface area contributed by atoms with Crippen molar-refractivity contribution in [1.82, 2.24) is 5.16 Å². The first-order valence-corrected chi connectivity index (χ1v) is 5.90. The van der Waals surface area contributed by atoms with Gasteiger partial charge in [0.1, 0.15) is 5.76 Å². The number of carbonyl (C=O) groups is 1. The number of aromatic nitrogens is 1. The molecule has 0 bridgehead atoms. The molecule has 0 saturated heterocycles. The first-order valence-electron chi connectivity index (χ1n) is 5.90. The summed E-state index contributed by atoms with van der Waals surface area (Å²) in [5, 5.41) is 12.8. The molecule has 1 N–H and O–H groups in total. The lowest BCUT2D eigenvalue weighted by atomic mass is 9.81. The van der Waals surface area contributed by atoms with Crippen molar-refractivity contribution in [3.8, 4) is 0 Å². The first-order chi connectivity index (χ1) is 8.24. The summed E-state index contributed by atoms with van der Waals surface area (Å²) in [4.78, 5) is 11.2. The predicted octanol–water partition coefficient (Wildman–Crippen LogP) is 1.73. The highest BCUT2D eigenvalue weighted by molar-refractivity contribution is 5.86. The Morgan fingerprint density at radius 2 is 2.24 bits per heavy atom. The average Bonchev–Trinajstić information content (AvgIpc) is 2.87. The van der Waals surface area contributed by atoms with Crippen molar-refractivity contribution in [2.45, 2.75) is 31.6 Å². The zero-order chi connectivity index (χ0) is 12.3. The molecule has 5 heteroatoms. The minimum atomic E-state index is -0.468. The van der Waals surface area contributed by atoms with Crippen LogP contribution in [0.2, 0.25) is 0 Å². The third kappa shape index (κ3) is 2.66. The van der Waals surface area contributed by atoms with Gasteiger partial charge in [0.15, 0.2) is 5.69 Å². The van der Waals surface area contributed by atoms with Crippen molar-refractivity contribution in [2.75, 3.05) is 13.7 Å². The number of nitrogens with zero attached hydrogens (tertiary/aromatic N) is 1. The molecule has 0 amide bonds. The van der Waals surface area contributed by atoms with Crippen LogP contribution < -0.4 is 0 Å². The lowest BCUT2D eigenvalue weighted by molar-refractivity contribution is 0.0589. The van der Waals surface area contributed by atoms with E-state index in [4.69, 9.17) is 9.63 Å². The number of carbonyl (C=O) groups excluding carboxylic acids is 1. The fourth-order valence-corrected chi connectivity index (χ4v) is 2.31. The second-order valence-electron chi connectivity index (χ2n) is 4.51. The van der Waals surface area contributed by atoms with Gasteiger partial charge < -0.3 is 14.4 Å². The molecule has 0 spiro atoms. The Bertz CT molecular complexity index is 380. The maximum atomic E-state index is 11.2. The Kier molecular flexibility index (Phi) is 3.78. The molecule has 0 atom stereocenters. The summed E-state index contributed by atoms with van der Waals surface area (Å²) in [5.41, 5.74) is 0.229. The van der Waals surface area contributed by atoms with Crippen LogP contribution in [-0.2, 0) is 4.74 Å². The lowest BCUT2D eigenvalue weighted by Gasteiger charge is -2.25. The van der Waals surface area contributed by atoms with E-state index in [1.54, 1.807) is 6.07 Å². The maximum absolute atomic E-state index is 11.2. The van der Waals surface area contributed by atoms with Crippen LogP contribution in [0.3, 0.4) is 0 Å². The molecule has 1 saturated carbocycles. The van der Waals surface area contributed by atoms with Gasteiger partial charge in [0.05, 0.1) is 7.11 Å². The summed E-state index contributed by atoms with van der Waals surface area (Å²) in [5.74, 6) is 1.00. The van der Waals surface area contributed by atoms with Crippen LogP contribution in [0.1, 0.15) is 47.8 Å². The zero-order valence-electron chi connectivity index (χ0n) is 9.89. The molecule has 0 aliphatic heterocycles. The van der Waals surface area contributed by atoms with E-state index in [0.717, 1.165) is 31.4 Å². The average molecular weight is 239 g/mol. The zero-order valence-corrected chi connectivity index (χ0v) is 9.89. The third-order valence-corrected chi connectivity index (χ3v) is 3.43. The van der Waals surface area contributed by atoms with E-state index in [1.165, 1.54) is 7.11 Å². The Morgan fingerprint density at radius 1 is 1.53 bits per heavy atom. The number of aliphatic hydroxyl groups excluding tert-OH is 1. The van der Waals surface area contributed by atoms with Crippen molar-refractivity contribution in [1.29, 1.82) is 0 Å². The van der Waals surface area contributed by atoms with Crippen LogP contribution in [0.5, 0.6) is 0 Å². The summed E-state index contributed by atoms with van der Waals surface area (Å²) in [7, 11) is 1.32. The quantitative estimate of drug-likeness (QED) is 0.813. The number of hydrogen-bond donors (Lipinski definition) is 1. The van der Waals surface area contributed by atoms with Gasteiger partial charge in [0.2, 0.25) is 0 Å². The molecule has 2 rings (SSSR count). The number of ether oxygens (including phenoxy) is 1. The minimum Gasteiger partial charge on any atom is -0.464 e. The Hall–Kier alpha value is -1.36. The van der Waals surface area contributed by atoms with Crippen LogP contribution in [0.15, 0.2) is 10.6 Å². The first kappa shape index (κ1) is 12.1. The van der Waals surface area contributed by atoms with Crippen LogP contribution in [-0.4, -0.2) is 29.9 Å². The molecule has 94 valence electrons. The van der Waals surface area contributed by atoms with Crippen molar-refractivity contribution >= 4 is 5.97 Å². The molecule has 5 nitrogen and oxygen atoms in total. The van der Waals surface area contributed by atoms with Crippen molar-refractivity contribution in [3.63, 3.8) is 0 Å². The van der Waals surface area contributed by atoms with Gasteiger partial charge in [-0.15, -0.1) is 0 Å². The summed E-state index contributed by atoms with van der Waals surface area (Å²) in [6.07, 6.45) is 3.94. The fraction of sp³-hybridized carbons (Fsp3) is 0.667. The highest BCUT2D eigenvalue weighted by Gasteiger charge is 2.25. The third-order valence-electron chi connectivity index (χ3n) is 3.43. The molecule has 1 heterocycles. The van der Waals surface area contributed by atoms with Gasteiger partial charge in [0, 0.05) is 18.6 Å². The van der Waals surface area contributed by atoms with Crippen LogP contribution >= 0.6 is 0 Å². The molecule has 1 aliphatic carbocycles. The van der Waals surface area contributed by atoms with E-state index in [-0.39, 0.29) is 12.3 Å². The standard InChI is InChI=1S/C12H17NO4/c1-16-12(15)10-6-11(17-13-10)9-4-2-8(7-14)3-5-9/h6,8-9,14H,2-5,7H2,1H3. The second-order valence-corrected chi connectivity index (χ2v) is 4.51. The number of hydrogen-bond acceptors (Lipinski definition) is 5. The van der Waals surface area contributed by atoms with Gasteiger partial charge in [-0.05, 0) is 31.6 Å². The molecular weight excluding hydrogens is 222 g/mol. The topological polar surface area (TPSA) is 72.6 Å². The van der Waals surface area contributed by atoms with Gasteiger partial charge in [0.25, 0.3) is 0 Å². The van der Waals surface area contributed by atoms with Gasteiger partial charge in [-0.25, -0.2) is 4.79 Å². The van der Waals surface area contributed by atoms with Crippen molar-refractivity contribution in [3.05, 3.63) is 17.5 Å². The highest BCUT2D eigenvalue weighted by atomic mass is 16.5. The van der Waals surface area contributed by atoms with E-state index in [0.29, 0.717) is 11.8 Å². The second kappa shape index (κ2) is 5.31. The lowest BCUT2D eigenvalue weighted by Crippen LogP contribution is -2.15. The van der Waals surface area contributed by atoms with E-state index in [1.807, 2.05) is 0 Å². The Labute approximate surface area is 99.7 Å². The number of esters is 1. The summed E-state index contributed by atoms with van der Waals surface area (Å²) >= 11 is 0. The predicted molar refractivity (Wildman–Crippen MR) is 59.6 cm³/mol. The summed E-state index contributed by atoms with van der Waals surface area (Å²) in [6, 6.07) is 1.66. The van der Waals surface area contributed by atoms with Gasteiger partial charge in [-0.1, -0.05) is 5.16 Å². The SMILES string of the molecule is COC(=O)c1cc(C2CCC(CO)CC2)on1. The molecule has 1 fully saturated rings. The van der Waals surface area contributed by atoms with Gasteiger partial charge in [-0.3, -0.25) is 0 Å². The van der Waals surface area contributed by atoms with Crippen molar-refractivity contribution in [2.24, 2.45) is 5.92 Å². The van der Waals surface area contributed by atoms with Crippen LogP contribution in [0.4, 0.5) is 0 Å². The van der Waals surface area contributed by atoms with Gasteiger partial charge in [-0.2, -0.15) is 0 Å². The number of rotatable bonds is 3. The Morgan fingerprint density at radius 3 is 2.82 bits per heavy atom. The van der Waals surface area contributed by atoms with E-state index >= 15 is 0 Å². The number of methoxy groups -OCH3 is 1. The van der Waals surface area contributed by atoms with Crippen molar-refractivity contribution < 1.29 is 19.2 Å². The molecule has 1 aliphatic rings. The highest BCUT2D eigenvalue weighted by Crippen LogP contribution is 2.35. The summed E-state index contributed by atoms with van der Waals surface area (Å²) in [6.45, 7) is 0.260. The fourth-order valence-electron chi connectivity index (χ4n) is 2.31. The van der Waals surface area contributed by atoms with E-state index < -0.39 is 5.97 Å². The molecule has 1 aromatic rings. The van der Waals surface area contributed by atoms with Gasteiger partial charge >= 0.3 is 5.97 Å². The Balaban J connectivity index is 1.99.